The van der Waals surface area contributed by atoms with E-state index < -0.39 is 0 Å². The third-order valence-corrected chi connectivity index (χ3v) is 3.38. The van der Waals surface area contributed by atoms with E-state index in [2.05, 4.69) is 36.5 Å². The zero-order valence-electron chi connectivity index (χ0n) is 11.3. The van der Waals surface area contributed by atoms with Gasteiger partial charge in [-0.15, -0.1) is 0 Å². The molecule has 0 aliphatic heterocycles. The van der Waals surface area contributed by atoms with E-state index in [1.807, 2.05) is 36.4 Å². The number of hydrogen-bond acceptors (Lipinski definition) is 2. The Morgan fingerprint density at radius 2 is 1.37 bits per heavy atom. The fourth-order valence-corrected chi connectivity index (χ4v) is 2.21. The molecule has 0 fully saturated rings. The Labute approximate surface area is 115 Å². The highest BCUT2D eigenvalue weighted by atomic mass is 16.3. The van der Waals surface area contributed by atoms with Crippen LogP contribution in [0, 0.1) is 0 Å². The van der Waals surface area contributed by atoms with E-state index in [1.165, 1.54) is 11.1 Å². The van der Waals surface area contributed by atoms with Gasteiger partial charge in [-0.2, -0.15) is 0 Å². The molecule has 0 amide bonds. The van der Waals surface area contributed by atoms with Gasteiger partial charge in [-0.3, -0.25) is 0 Å². The second-order valence-corrected chi connectivity index (χ2v) is 4.71. The number of hydrogen-bond donors (Lipinski definition) is 2. The number of aliphatic hydroxyl groups excluding tert-OH is 1. The normalized spacial score (nSPS) is 12.6. The first-order valence-corrected chi connectivity index (χ1v) is 6.82. The van der Waals surface area contributed by atoms with Gasteiger partial charge in [0.25, 0.3) is 0 Å². The second-order valence-electron chi connectivity index (χ2n) is 4.71. The molecule has 0 saturated carbocycles. The van der Waals surface area contributed by atoms with Crippen molar-refractivity contribution >= 4 is 0 Å². The van der Waals surface area contributed by atoms with Gasteiger partial charge in [-0.1, -0.05) is 67.6 Å². The minimum atomic E-state index is 0.116. The van der Waals surface area contributed by atoms with Crippen LogP contribution in [0.15, 0.2) is 60.7 Å². The summed E-state index contributed by atoms with van der Waals surface area (Å²) in [6, 6.07) is 21.0. The molecule has 0 aliphatic rings. The van der Waals surface area contributed by atoms with Crippen LogP contribution in [0.3, 0.4) is 0 Å². The molecular formula is C17H21NO. The van der Waals surface area contributed by atoms with E-state index in [0.717, 1.165) is 6.42 Å². The Kier molecular flexibility index (Phi) is 5.13. The first-order valence-electron chi connectivity index (χ1n) is 6.82. The summed E-state index contributed by atoms with van der Waals surface area (Å²) in [7, 11) is 0. The Balaban J connectivity index is 2.29. The van der Waals surface area contributed by atoms with E-state index >= 15 is 0 Å². The van der Waals surface area contributed by atoms with E-state index in [9.17, 15) is 5.11 Å². The van der Waals surface area contributed by atoms with Gasteiger partial charge in [0.1, 0.15) is 0 Å². The van der Waals surface area contributed by atoms with Crippen LogP contribution in [0.1, 0.15) is 30.5 Å². The molecule has 0 bridgehead atoms. The van der Waals surface area contributed by atoms with Gasteiger partial charge in [0.15, 0.2) is 0 Å². The van der Waals surface area contributed by atoms with Crippen LogP contribution >= 0.6 is 0 Å². The van der Waals surface area contributed by atoms with Gasteiger partial charge in [-0.05, 0) is 17.5 Å². The number of nitrogens with one attached hydrogen (secondary N) is 1. The molecule has 19 heavy (non-hydrogen) atoms. The molecule has 2 N–H and O–H groups in total. The molecular weight excluding hydrogens is 234 g/mol. The van der Waals surface area contributed by atoms with Crippen molar-refractivity contribution in [1.82, 2.24) is 5.32 Å². The SMILES string of the molecule is CCC(CO)NC(c1ccccc1)c1ccccc1. The molecule has 0 radical (unpaired) electrons. The minimum absolute atomic E-state index is 0.116. The van der Waals surface area contributed by atoms with Crippen LogP contribution in [-0.2, 0) is 0 Å². The maximum Gasteiger partial charge on any atom is 0.0584 e. The number of rotatable bonds is 6. The van der Waals surface area contributed by atoms with E-state index in [-0.39, 0.29) is 18.7 Å². The van der Waals surface area contributed by atoms with Crippen LogP contribution in [0.4, 0.5) is 0 Å². The van der Waals surface area contributed by atoms with Gasteiger partial charge >= 0.3 is 0 Å². The lowest BCUT2D eigenvalue weighted by Crippen LogP contribution is -2.35. The molecule has 0 aromatic heterocycles. The molecule has 1 atom stereocenters. The van der Waals surface area contributed by atoms with E-state index in [1.54, 1.807) is 0 Å². The maximum absolute atomic E-state index is 9.41. The summed E-state index contributed by atoms with van der Waals surface area (Å²) >= 11 is 0. The number of aliphatic hydroxyl groups is 1. The van der Waals surface area contributed by atoms with Crippen LogP contribution in [0.25, 0.3) is 0 Å². The van der Waals surface area contributed by atoms with Gasteiger partial charge in [-0.25, -0.2) is 0 Å². The zero-order chi connectivity index (χ0) is 13.5. The minimum Gasteiger partial charge on any atom is -0.395 e. The summed E-state index contributed by atoms with van der Waals surface area (Å²) in [5.41, 5.74) is 2.45. The van der Waals surface area contributed by atoms with Crippen molar-refractivity contribution in [3.05, 3.63) is 71.8 Å². The van der Waals surface area contributed by atoms with Crippen LogP contribution in [0.2, 0.25) is 0 Å². The average molecular weight is 255 g/mol. The maximum atomic E-state index is 9.41. The molecule has 0 spiro atoms. The van der Waals surface area contributed by atoms with E-state index in [0.29, 0.717) is 0 Å². The molecule has 1 unspecified atom stereocenters. The summed E-state index contributed by atoms with van der Waals surface area (Å²) < 4.78 is 0. The van der Waals surface area contributed by atoms with Crippen LogP contribution in [0.5, 0.6) is 0 Å². The molecule has 2 nitrogen and oxygen atoms in total. The van der Waals surface area contributed by atoms with Crippen molar-refractivity contribution in [3.8, 4) is 0 Å². The highest BCUT2D eigenvalue weighted by molar-refractivity contribution is 5.31. The quantitative estimate of drug-likeness (QED) is 0.831. The summed E-state index contributed by atoms with van der Waals surface area (Å²) in [6.07, 6.45) is 0.909. The van der Waals surface area contributed by atoms with Crippen molar-refractivity contribution in [2.45, 2.75) is 25.4 Å². The van der Waals surface area contributed by atoms with Gasteiger partial charge in [0, 0.05) is 6.04 Å². The monoisotopic (exact) mass is 255 g/mol. The molecule has 2 rings (SSSR count). The number of benzene rings is 2. The first kappa shape index (κ1) is 13.8. The smallest absolute Gasteiger partial charge is 0.0584 e. The van der Waals surface area contributed by atoms with Crippen molar-refractivity contribution in [1.29, 1.82) is 0 Å². The molecule has 0 aliphatic carbocycles. The Hall–Kier alpha value is -1.64. The zero-order valence-corrected chi connectivity index (χ0v) is 11.3. The highest BCUT2D eigenvalue weighted by Crippen LogP contribution is 2.22. The van der Waals surface area contributed by atoms with Crippen LogP contribution in [-0.4, -0.2) is 17.8 Å². The first-order chi connectivity index (χ1) is 9.35. The molecule has 2 aromatic rings. The average Bonchev–Trinajstić information content (AvgIpc) is 2.50. The summed E-state index contributed by atoms with van der Waals surface area (Å²) in [5.74, 6) is 0. The summed E-state index contributed by atoms with van der Waals surface area (Å²) in [6.45, 7) is 2.24. The fraction of sp³-hybridized carbons (Fsp3) is 0.294. The van der Waals surface area contributed by atoms with Gasteiger partial charge in [0.05, 0.1) is 12.6 Å². The Morgan fingerprint density at radius 3 is 1.74 bits per heavy atom. The fourth-order valence-electron chi connectivity index (χ4n) is 2.21. The lowest BCUT2D eigenvalue weighted by atomic mass is 9.97. The van der Waals surface area contributed by atoms with Crippen molar-refractivity contribution < 1.29 is 5.11 Å². The lowest BCUT2D eigenvalue weighted by Gasteiger charge is -2.24. The summed E-state index contributed by atoms with van der Waals surface area (Å²) in [5, 5.41) is 12.9. The van der Waals surface area contributed by atoms with Crippen molar-refractivity contribution in [2.24, 2.45) is 0 Å². The molecule has 0 saturated heterocycles. The molecule has 0 heterocycles. The molecule has 2 aromatic carbocycles. The van der Waals surface area contributed by atoms with Crippen molar-refractivity contribution in [2.75, 3.05) is 6.61 Å². The highest BCUT2D eigenvalue weighted by Gasteiger charge is 2.16. The Morgan fingerprint density at radius 1 is 0.895 bits per heavy atom. The molecule has 2 heteroatoms. The molecule has 100 valence electrons. The van der Waals surface area contributed by atoms with Gasteiger partial charge < -0.3 is 10.4 Å². The predicted molar refractivity (Wildman–Crippen MR) is 79.0 cm³/mol. The Bertz CT molecular complexity index is 426. The third kappa shape index (κ3) is 3.66. The van der Waals surface area contributed by atoms with E-state index in [4.69, 9.17) is 0 Å². The van der Waals surface area contributed by atoms with Gasteiger partial charge in [0.2, 0.25) is 0 Å². The lowest BCUT2D eigenvalue weighted by molar-refractivity contribution is 0.232. The standard InChI is InChI=1S/C17H21NO/c1-2-16(13-19)18-17(14-9-5-3-6-10-14)15-11-7-4-8-12-15/h3-12,16-19H,2,13H2,1H3. The van der Waals surface area contributed by atoms with Crippen LogP contribution < -0.4 is 5.32 Å². The third-order valence-electron chi connectivity index (χ3n) is 3.38. The van der Waals surface area contributed by atoms with Crippen molar-refractivity contribution in [3.63, 3.8) is 0 Å². The second kappa shape index (κ2) is 7.07. The largest absolute Gasteiger partial charge is 0.395 e. The topological polar surface area (TPSA) is 32.3 Å². The summed E-state index contributed by atoms with van der Waals surface area (Å²) in [4.78, 5) is 0. The predicted octanol–water partition coefficient (Wildman–Crippen LogP) is 3.14.